The van der Waals surface area contributed by atoms with Crippen molar-refractivity contribution in [2.75, 3.05) is 18.5 Å². The lowest BCUT2D eigenvalue weighted by molar-refractivity contribution is -0.147. The van der Waals surface area contributed by atoms with Gasteiger partial charge in [0.15, 0.2) is 0 Å². The minimum Gasteiger partial charge on any atom is -0.481 e. The summed E-state index contributed by atoms with van der Waals surface area (Å²) in [7, 11) is 1.91. The van der Waals surface area contributed by atoms with Gasteiger partial charge in [-0.05, 0) is 44.5 Å². The number of hydrogen-bond acceptors (Lipinski definition) is 4. The molecule has 1 heterocycles. The zero-order chi connectivity index (χ0) is 18.4. The van der Waals surface area contributed by atoms with Gasteiger partial charge in [0.2, 0.25) is 0 Å². The second-order valence-electron chi connectivity index (χ2n) is 6.49. The van der Waals surface area contributed by atoms with Crippen molar-refractivity contribution >= 4 is 23.4 Å². The molecule has 132 valence electrons. The van der Waals surface area contributed by atoms with E-state index in [1.807, 2.05) is 42.3 Å². The van der Waals surface area contributed by atoms with Gasteiger partial charge in [0.25, 0.3) is 5.91 Å². The Morgan fingerprint density at radius 3 is 2.40 bits per heavy atom. The normalized spacial score (nSPS) is 11.0. The molecule has 0 aliphatic rings. The minimum absolute atomic E-state index is 0.261. The minimum atomic E-state index is -0.878. The lowest BCUT2D eigenvalue weighted by Gasteiger charge is -2.19. The van der Waals surface area contributed by atoms with E-state index in [4.69, 9.17) is 5.11 Å². The number of aliphatic carboxylic acids is 1. The molecule has 0 radical (unpaired) electrons. The number of rotatable bonds is 7. The SMILES string of the molecule is CN(c1ccccc1)c1ccc(C(=O)NCCC(C)(C)C(=O)O)cn1. The number of carboxylic acid groups (broad SMARTS) is 1. The summed E-state index contributed by atoms with van der Waals surface area (Å²) < 4.78 is 0. The molecule has 0 spiro atoms. The Bertz CT molecular complexity index is 727. The maximum absolute atomic E-state index is 12.1. The molecule has 2 rings (SSSR count). The van der Waals surface area contributed by atoms with Crippen molar-refractivity contribution in [3.05, 3.63) is 54.2 Å². The number of hydrogen-bond donors (Lipinski definition) is 2. The van der Waals surface area contributed by atoms with Crippen molar-refractivity contribution in [3.63, 3.8) is 0 Å². The van der Waals surface area contributed by atoms with Gasteiger partial charge in [-0.2, -0.15) is 0 Å². The highest BCUT2D eigenvalue weighted by Crippen LogP contribution is 2.21. The Balaban J connectivity index is 1.95. The van der Waals surface area contributed by atoms with Crippen LogP contribution in [0.2, 0.25) is 0 Å². The van der Waals surface area contributed by atoms with E-state index >= 15 is 0 Å². The van der Waals surface area contributed by atoms with E-state index in [9.17, 15) is 9.59 Å². The molecule has 6 nitrogen and oxygen atoms in total. The topological polar surface area (TPSA) is 82.5 Å². The third kappa shape index (κ3) is 4.79. The summed E-state index contributed by atoms with van der Waals surface area (Å²) in [6.45, 7) is 3.57. The number of carbonyl (C=O) groups excluding carboxylic acids is 1. The second kappa shape index (κ2) is 7.79. The predicted molar refractivity (Wildman–Crippen MR) is 97.1 cm³/mol. The maximum Gasteiger partial charge on any atom is 0.309 e. The van der Waals surface area contributed by atoms with Gasteiger partial charge in [0, 0.05) is 25.5 Å². The number of nitrogens with zero attached hydrogens (tertiary/aromatic N) is 2. The summed E-state index contributed by atoms with van der Waals surface area (Å²) in [6.07, 6.45) is 1.88. The molecule has 1 aromatic carbocycles. The number of carbonyl (C=O) groups is 2. The fraction of sp³-hybridized carbons (Fsp3) is 0.316. The largest absolute Gasteiger partial charge is 0.481 e. The van der Waals surface area contributed by atoms with Gasteiger partial charge in [-0.25, -0.2) is 4.98 Å². The summed E-state index contributed by atoms with van der Waals surface area (Å²) in [5.74, 6) is -0.408. The van der Waals surface area contributed by atoms with Crippen molar-refractivity contribution in [2.45, 2.75) is 20.3 Å². The number of anilines is 2. The number of carboxylic acids is 1. The molecule has 2 aromatic rings. The van der Waals surface area contributed by atoms with Crippen LogP contribution in [0.4, 0.5) is 11.5 Å². The maximum atomic E-state index is 12.1. The molecule has 0 saturated carbocycles. The van der Waals surface area contributed by atoms with Crippen molar-refractivity contribution in [2.24, 2.45) is 5.41 Å². The smallest absolute Gasteiger partial charge is 0.309 e. The van der Waals surface area contributed by atoms with E-state index in [0.717, 1.165) is 11.5 Å². The second-order valence-corrected chi connectivity index (χ2v) is 6.49. The molecule has 25 heavy (non-hydrogen) atoms. The summed E-state index contributed by atoms with van der Waals surface area (Å²) in [5.41, 5.74) is 0.579. The fourth-order valence-electron chi connectivity index (χ4n) is 2.20. The van der Waals surface area contributed by atoms with Crippen LogP contribution < -0.4 is 10.2 Å². The Kier molecular flexibility index (Phi) is 5.75. The summed E-state index contributed by atoms with van der Waals surface area (Å²) in [5, 5.41) is 11.8. The number of pyridine rings is 1. The Morgan fingerprint density at radius 1 is 1.16 bits per heavy atom. The van der Waals surface area contributed by atoms with Gasteiger partial charge < -0.3 is 15.3 Å². The van der Waals surface area contributed by atoms with Crippen LogP contribution in [0.15, 0.2) is 48.7 Å². The number of para-hydroxylation sites is 1. The Labute approximate surface area is 147 Å². The van der Waals surface area contributed by atoms with Crippen molar-refractivity contribution in [1.29, 1.82) is 0 Å². The van der Waals surface area contributed by atoms with Crippen molar-refractivity contribution in [3.8, 4) is 0 Å². The average molecular weight is 341 g/mol. The first-order chi connectivity index (χ1) is 11.8. The molecule has 0 aliphatic carbocycles. The van der Waals surface area contributed by atoms with E-state index in [1.54, 1.807) is 26.0 Å². The molecule has 0 bridgehead atoms. The summed E-state index contributed by atoms with van der Waals surface area (Å²) >= 11 is 0. The average Bonchev–Trinajstić information content (AvgIpc) is 2.61. The molecule has 0 unspecified atom stereocenters. The van der Waals surface area contributed by atoms with Gasteiger partial charge in [0.05, 0.1) is 11.0 Å². The van der Waals surface area contributed by atoms with Gasteiger partial charge in [-0.3, -0.25) is 9.59 Å². The van der Waals surface area contributed by atoms with Gasteiger partial charge in [-0.15, -0.1) is 0 Å². The van der Waals surface area contributed by atoms with Gasteiger partial charge in [0.1, 0.15) is 5.82 Å². The Morgan fingerprint density at radius 2 is 1.84 bits per heavy atom. The molecular formula is C19H23N3O3. The zero-order valence-corrected chi connectivity index (χ0v) is 14.7. The van der Waals surface area contributed by atoms with Crippen LogP contribution >= 0.6 is 0 Å². The molecule has 1 aromatic heterocycles. The number of nitrogens with one attached hydrogen (secondary N) is 1. The lowest BCUT2D eigenvalue weighted by atomic mass is 9.90. The molecule has 1 amide bonds. The molecule has 0 saturated heterocycles. The van der Waals surface area contributed by atoms with Crippen molar-refractivity contribution < 1.29 is 14.7 Å². The number of benzene rings is 1. The zero-order valence-electron chi connectivity index (χ0n) is 14.7. The third-order valence-electron chi connectivity index (χ3n) is 4.11. The van der Waals surface area contributed by atoms with Crippen LogP contribution in [0.5, 0.6) is 0 Å². The highest BCUT2D eigenvalue weighted by atomic mass is 16.4. The van der Waals surface area contributed by atoms with E-state index in [-0.39, 0.29) is 5.91 Å². The van der Waals surface area contributed by atoms with E-state index in [2.05, 4.69) is 10.3 Å². The number of amides is 1. The molecular weight excluding hydrogens is 318 g/mol. The van der Waals surface area contributed by atoms with Crippen LogP contribution in [-0.2, 0) is 4.79 Å². The standard InChI is InChI=1S/C19H23N3O3/c1-19(2,18(24)25)11-12-20-17(23)14-9-10-16(21-13-14)22(3)15-7-5-4-6-8-15/h4-10,13H,11-12H2,1-3H3,(H,20,23)(H,24,25). The molecule has 6 heteroatoms. The first-order valence-electron chi connectivity index (χ1n) is 8.08. The van der Waals surface area contributed by atoms with Crippen LogP contribution in [-0.4, -0.2) is 35.6 Å². The molecule has 0 aliphatic heterocycles. The quantitative estimate of drug-likeness (QED) is 0.809. The highest BCUT2D eigenvalue weighted by molar-refractivity contribution is 5.94. The third-order valence-corrected chi connectivity index (χ3v) is 4.11. The van der Waals surface area contributed by atoms with E-state index in [1.165, 1.54) is 6.20 Å². The molecule has 0 atom stereocenters. The Hall–Kier alpha value is -2.89. The highest BCUT2D eigenvalue weighted by Gasteiger charge is 2.26. The molecule has 2 N–H and O–H groups in total. The monoisotopic (exact) mass is 341 g/mol. The first kappa shape index (κ1) is 18.4. The van der Waals surface area contributed by atoms with Gasteiger partial charge in [-0.1, -0.05) is 18.2 Å². The summed E-state index contributed by atoms with van der Waals surface area (Å²) in [4.78, 5) is 29.5. The van der Waals surface area contributed by atoms with Crippen LogP contribution in [0, 0.1) is 5.41 Å². The van der Waals surface area contributed by atoms with Gasteiger partial charge >= 0.3 is 5.97 Å². The van der Waals surface area contributed by atoms with E-state index < -0.39 is 11.4 Å². The van der Waals surface area contributed by atoms with Crippen LogP contribution in [0.3, 0.4) is 0 Å². The predicted octanol–water partition coefficient (Wildman–Crippen LogP) is 3.08. The first-order valence-corrected chi connectivity index (χ1v) is 8.08. The van der Waals surface area contributed by atoms with Crippen LogP contribution in [0.1, 0.15) is 30.6 Å². The van der Waals surface area contributed by atoms with Crippen molar-refractivity contribution in [1.82, 2.24) is 10.3 Å². The number of aromatic nitrogens is 1. The van der Waals surface area contributed by atoms with Crippen LogP contribution in [0.25, 0.3) is 0 Å². The fourth-order valence-corrected chi connectivity index (χ4v) is 2.20. The lowest BCUT2D eigenvalue weighted by Crippen LogP contribution is -2.32. The summed E-state index contributed by atoms with van der Waals surface area (Å²) in [6, 6.07) is 13.3. The molecule has 0 fully saturated rings. The van der Waals surface area contributed by atoms with E-state index in [0.29, 0.717) is 18.5 Å².